The zero-order valence-electron chi connectivity index (χ0n) is 14.1. The number of rotatable bonds is 8. The molecule has 0 saturated carbocycles. The van der Waals surface area contributed by atoms with Crippen LogP contribution >= 0.6 is 0 Å². The molecule has 9 nitrogen and oxygen atoms in total. The number of imidazole rings is 1. The van der Waals surface area contributed by atoms with Gasteiger partial charge in [-0.1, -0.05) is 12.1 Å². The number of carbonyl (C=O) groups is 2. The quantitative estimate of drug-likeness (QED) is 0.622. The highest BCUT2D eigenvalue weighted by molar-refractivity contribution is 5.77. The third-order valence-corrected chi connectivity index (χ3v) is 3.98. The summed E-state index contributed by atoms with van der Waals surface area (Å²) in [5.41, 5.74) is 1.76. The van der Waals surface area contributed by atoms with Crippen LogP contribution in [0.4, 0.5) is 0 Å². The number of aliphatic carboxylic acids is 1. The molecule has 1 aromatic carbocycles. The topological polar surface area (TPSA) is 123 Å². The number of carbonyl (C=O) groups excluding carboxylic acids is 1. The first-order valence-electron chi connectivity index (χ1n) is 8.33. The van der Waals surface area contributed by atoms with Crippen LogP contribution in [0, 0.1) is 0 Å². The van der Waals surface area contributed by atoms with Gasteiger partial charge in [-0.2, -0.15) is 0 Å². The number of H-pyrrole nitrogens is 1. The predicted octanol–water partition coefficient (Wildman–Crippen LogP) is 0.454. The highest BCUT2D eigenvalue weighted by Crippen LogP contribution is 2.12. The van der Waals surface area contributed by atoms with Gasteiger partial charge in [0.15, 0.2) is 0 Å². The van der Waals surface area contributed by atoms with E-state index in [0.29, 0.717) is 18.9 Å². The third-order valence-electron chi connectivity index (χ3n) is 3.98. The molecule has 0 radical (unpaired) electrons. The molecule has 26 heavy (non-hydrogen) atoms. The van der Waals surface area contributed by atoms with Crippen molar-refractivity contribution in [3.05, 3.63) is 30.1 Å². The van der Waals surface area contributed by atoms with Crippen molar-refractivity contribution in [1.29, 1.82) is 0 Å². The van der Waals surface area contributed by atoms with Crippen LogP contribution in [0.15, 0.2) is 24.3 Å². The lowest BCUT2D eigenvalue weighted by Crippen LogP contribution is -2.51. The van der Waals surface area contributed by atoms with E-state index in [2.05, 4.69) is 15.3 Å². The van der Waals surface area contributed by atoms with E-state index in [1.807, 2.05) is 24.3 Å². The molecule has 1 aliphatic rings. The van der Waals surface area contributed by atoms with Crippen molar-refractivity contribution in [3.8, 4) is 0 Å². The van der Waals surface area contributed by atoms with Crippen molar-refractivity contribution < 1.29 is 28.9 Å². The van der Waals surface area contributed by atoms with E-state index in [1.165, 1.54) is 0 Å². The number of hydrogen-bond acceptors (Lipinski definition) is 6. The van der Waals surface area contributed by atoms with E-state index in [0.717, 1.165) is 11.0 Å². The largest absolute Gasteiger partial charge is 0.480 e. The second-order valence-electron chi connectivity index (χ2n) is 5.97. The average molecular weight is 363 g/mol. The van der Waals surface area contributed by atoms with Crippen LogP contribution in [0.25, 0.3) is 11.0 Å². The van der Waals surface area contributed by atoms with E-state index in [9.17, 15) is 9.59 Å². The lowest BCUT2D eigenvalue weighted by atomic mass is 10.1. The second kappa shape index (κ2) is 8.75. The standard InChI is InChI=1S/C17H21N3O6/c21-16(20-13-5-6-24-7-14(13)26-10-17(22)23)9-25-8-15-18-11-3-1-2-4-12(11)19-15/h1-4,13-14H,5-10H2,(H,18,19)(H,20,21)(H,22,23)/t13-,14-/m1/s1. The van der Waals surface area contributed by atoms with Crippen molar-refractivity contribution in [2.24, 2.45) is 0 Å². The molecule has 2 heterocycles. The Balaban J connectivity index is 1.44. The Morgan fingerprint density at radius 1 is 1.35 bits per heavy atom. The van der Waals surface area contributed by atoms with Gasteiger partial charge in [-0.25, -0.2) is 9.78 Å². The van der Waals surface area contributed by atoms with Crippen LogP contribution < -0.4 is 5.32 Å². The van der Waals surface area contributed by atoms with Gasteiger partial charge in [-0.3, -0.25) is 4.79 Å². The molecule has 0 spiro atoms. The number of para-hydroxylation sites is 2. The summed E-state index contributed by atoms with van der Waals surface area (Å²) in [6, 6.07) is 7.32. The molecular formula is C17H21N3O6. The Kier molecular flexibility index (Phi) is 6.16. The van der Waals surface area contributed by atoms with Gasteiger partial charge in [0.1, 0.15) is 31.7 Å². The number of aromatic amines is 1. The van der Waals surface area contributed by atoms with Gasteiger partial charge in [0, 0.05) is 6.61 Å². The first-order chi connectivity index (χ1) is 12.6. The summed E-state index contributed by atoms with van der Waals surface area (Å²) in [6.45, 7) is 0.369. The number of carboxylic acids is 1. The first kappa shape index (κ1) is 18.3. The number of amides is 1. The van der Waals surface area contributed by atoms with Crippen LogP contribution in [-0.4, -0.2) is 65.5 Å². The molecule has 0 unspecified atom stereocenters. The fourth-order valence-electron chi connectivity index (χ4n) is 2.78. The van der Waals surface area contributed by atoms with Crippen LogP contribution in [0.5, 0.6) is 0 Å². The van der Waals surface area contributed by atoms with Gasteiger partial charge in [-0.05, 0) is 18.6 Å². The first-order valence-corrected chi connectivity index (χ1v) is 8.33. The number of benzene rings is 1. The summed E-state index contributed by atoms with van der Waals surface area (Å²) in [7, 11) is 0. The zero-order chi connectivity index (χ0) is 18.4. The number of nitrogens with one attached hydrogen (secondary N) is 2. The monoisotopic (exact) mass is 363 g/mol. The highest BCUT2D eigenvalue weighted by Gasteiger charge is 2.28. The molecule has 0 aliphatic carbocycles. The Morgan fingerprint density at radius 3 is 3.00 bits per heavy atom. The molecule has 140 valence electrons. The Morgan fingerprint density at radius 2 is 2.19 bits per heavy atom. The molecule has 2 aromatic rings. The van der Waals surface area contributed by atoms with Crippen molar-refractivity contribution in [2.75, 3.05) is 26.4 Å². The molecule has 1 aliphatic heterocycles. The summed E-state index contributed by atoms with van der Waals surface area (Å²) < 4.78 is 16.0. The lowest BCUT2D eigenvalue weighted by Gasteiger charge is -2.31. The number of ether oxygens (including phenoxy) is 3. The minimum absolute atomic E-state index is 0.125. The molecule has 0 bridgehead atoms. The van der Waals surface area contributed by atoms with Gasteiger partial charge in [-0.15, -0.1) is 0 Å². The molecule has 1 saturated heterocycles. The van der Waals surface area contributed by atoms with E-state index in [-0.39, 0.29) is 31.8 Å². The number of hydrogen-bond donors (Lipinski definition) is 3. The fraction of sp³-hybridized carbons (Fsp3) is 0.471. The Bertz CT molecular complexity index is 729. The number of aromatic nitrogens is 2. The molecular weight excluding hydrogens is 342 g/mol. The molecule has 9 heteroatoms. The third kappa shape index (κ3) is 5.01. The minimum Gasteiger partial charge on any atom is -0.480 e. The lowest BCUT2D eigenvalue weighted by molar-refractivity contribution is -0.149. The molecule has 1 amide bonds. The van der Waals surface area contributed by atoms with Crippen molar-refractivity contribution in [3.63, 3.8) is 0 Å². The Hall–Kier alpha value is -2.49. The van der Waals surface area contributed by atoms with E-state index >= 15 is 0 Å². The maximum Gasteiger partial charge on any atom is 0.329 e. The number of fused-ring (bicyclic) bond motifs is 1. The van der Waals surface area contributed by atoms with Gasteiger partial charge in [0.25, 0.3) is 0 Å². The van der Waals surface area contributed by atoms with E-state index in [4.69, 9.17) is 19.3 Å². The second-order valence-corrected chi connectivity index (χ2v) is 5.97. The van der Waals surface area contributed by atoms with E-state index < -0.39 is 18.7 Å². The number of nitrogens with zero attached hydrogens (tertiary/aromatic N) is 1. The summed E-state index contributed by atoms with van der Waals surface area (Å²) in [5, 5.41) is 11.5. The average Bonchev–Trinajstić information content (AvgIpc) is 3.03. The minimum atomic E-state index is -1.06. The molecule has 2 atom stereocenters. The van der Waals surface area contributed by atoms with Gasteiger partial charge < -0.3 is 29.6 Å². The maximum absolute atomic E-state index is 12.1. The summed E-state index contributed by atoms with van der Waals surface area (Å²) in [5.74, 6) is -0.709. The van der Waals surface area contributed by atoms with Gasteiger partial charge in [0.05, 0.1) is 23.7 Å². The summed E-state index contributed by atoms with van der Waals surface area (Å²) in [6.07, 6.45) is 0.0683. The van der Waals surface area contributed by atoms with Crippen molar-refractivity contribution in [2.45, 2.75) is 25.2 Å². The van der Waals surface area contributed by atoms with Gasteiger partial charge >= 0.3 is 5.97 Å². The SMILES string of the molecule is O=C(O)CO[C@@H]1COCC[C@H]1NC(=O)COCc1nc2ccccc2[nH]1. The van der Waals surface area contributed by atoms with Crippen LogP contribution in [0.3, 0.4) is 0 Å². The fourth-order valence-corrected chi connectivity index (χ4v) is 2.78. The zero-order valence-corrected chi connectivity index (χ0v) is 14.1. The summed E-state index contributed by atoms with van der Waals surface area (Å²) >= 11 is 0. The Labute approximate surface area is 149 Å². The van der Waals surface area contributed by atoms with Crippen LogP contribution in [-0.2, 0) is 30.4 Å². The number of carboxylic acid groups (broad SMARTS) is 1. The normalized spacial score (nSPS) is 20.2. The predicted molar refractivity (Wildman–Crippen MR) is 90.5 cm³/mol. The van der Waals surface area contributed by atoms with Crippen LogP contribution in [0.2, 0.25) is 0 Å². The summed E-state index contributed by atoms with van der Waals surface area (Å²) in [4.78, 5) is 30.2. The van der Waals surface area contributed by atoms with Crippen molar-refractivity contribution in [1.82, 2.24) is 15.3 Å². The smallest absolute Gasteiger partial charge is 0.329 e. The maximum atomic E-state index is 12.1. The molecule has 1 aromatic heterocycles. The molecule has 1 fully saturated rings. The van der Waals surface area contributed by atoms with E-state index in [1.54, 1.807) is 0 Å². The van der Waals surface area contributed by atoms with Gasteiger partial charge in [0.2, 0.25) is 5.91 Å². The highest BCUT2D eigenvalue weighted by atomic mass is 16.5. The van der Waals surface area contributed by atoms with Crippen molar-refractivity contribution >= 4 is 22.9 Å². The molecule has 3 rings (SSSR count). The molecule has 3 N–H and O–H groups in total. The van der Waals surface area contributed by atoms with Crippen LogP contribution in [0.1, 0.15) is 12.2 Å².